The van der Waals surface area contributed by atoms with Crippen molar-refractivity contribution >= 4 is 46.5 Å². The molecule has 0 saturated heterocycles. The summed E-state index contributed by atoms with van der Waals surface area (Å²) in [5.74, 6) is 0. The molecule has 1 nitrogen and oxygen atoms in total. The summed E-state index contributed by atoms with van der Waals surface area (Å²) in [5.41, 5.74) is 0.647. The summed E-state index contributed by atoms with van der Waals surface area (Å²) in [5, 5.41) is 0. The highest BCUT2D eigenvalue weighted by atomic mass is 35.6. The van der Waals surface area contributed by atoms with E-state index >= 15 is 0 Å². The highest BCUT2D eigenvalue weighted by Gasteiger charge is 2.22. The molecule has 0 aliphatic heterocycles. The lowest BCUT2D eigenvalue weighted by atomic mass is 11.8. The number of rotatable bonds is 3. The summed E-state index contributed by atoms with van der Waals surface area (Å²) < 4.78 is 3.74. The first kappa shape index (κ1) is 18.6. The van der Waals surface area contributed by atoms with Crippen molar-refractivity contribution in [3.05, 3.63) is 0 Å². The fourth-order valence-electron chi connectivity index (χ4n) is 1.12. The van der Waals surface area contributed by atoms with Crippen LogP contribution in [-0.2, 0) is 0 Å². The van der Waals surface area contributed by atoms with Crippen molar-refractivity contribution in [2.75, 3.05) is 5.50 Å². The molecule has 0 aromatic heterocycles. The van der Waals surface area contributed by atoms with Gasteiger partial charge in [-0.1, -0.05) is 52.4 Å². The molecule has 0 bridgehead atoms. The molecule has 0 unspecified atom stereocenters. The summed E-state index contributed by atoms with van der Waals surface area (Å²) in [6, 6.07) is 0. The Hall–Kier alpha value is 1.19. The third-order valence-corrected chi connectivity index (χ3v) is 10.5. The molecule has 0 aliphatic carbocycles. The van der Waals surface area contributed by atoms with E-state index < -0.39 is 23.9 Å². The van der Waals surface area contributed by atoms with Crippen LogP contribution in [0.15, 0.2) is 0 Å². The molecule has 6 heteroatoms. The molecule has 1 N–H and O–H groups in total. The van der Waals surface area contributed by atoms with Crippen molar-refractivity contribution < 1.29 is 0 Å². The first-order chi connectivity index (χ1) is 6.27. The first-order valence-electron chi connectivity index (χ1n) is 5.31. The topological polar surface area (TPSA) is 12.0 Å². The Morgan fingerprint density at radius 3 is 1.00 bits per heavy atom. The minimum Gasteiger partial charge on any atom is -0.360 e. The minimum atomic E-state index is -1.39. The fourth-order valence-corrected chi connectivity index (χ4v) is 10.1. The van der Waals surface area contributed by atoms with Gasteiger partial charge in [0, 0.05) is 5.50 Å². The van der Waals surface area contributed by atoms with Crippen molar-refractivity contribution in [3.8, 4) is 0 Å². The summed E-state index contributed by atoms with van der Waals surface area (Å²) in [6.07, 6.45) is 0. The van der Waals surface area contributed by atoms with Crippen molar-refractivity contribution in [1.29, 1.82) is 0 Å². The van der Waals surface area contributed by atoms with Crippen LogP contribution >= 0.6 is 22.7 Å². The maximum atomic E-state index is 5.72. The van der Waals surface area contributed by atoms with Crippen LogP contribution in [0.4, 0.5) is 0 Å². The van der Waals surface area contributed by atoms with E-state index in [0.29, 0.717) is 5.50 Å². The Balaban J connectivity index is 0. The molecule has 15 heavy (non-hydrogen) atoms. The molecule has 0 atom stereocenters. The smallest absolute Gasteiger partial charge is 0.164 e. The minimum absolute atomic E-state index is 0.647. The van der Waals surface area contributed by atoms with Crippen molar-refractivity contribution in [2.45, 2.75) is 52.4 Å². The van der Waals surface area contributed by atoms with Gasteiger partial charge in [-0.05, 0) is 0 Å². The third-order valence-electron chi connectivity index (χ3n) is 1.07. The number of alkyl halides is 1. The van der Waals surface area contributed by atoms with Gasteiger partial charge in [0.2, 0.25) is 0 Å². The Labute approximate surface area is 109 Å². The Bertz CT molecular complexity index is 156. The summed E-state index contributed by atoms with van der Waals surface area (Å²) >= 11 is 11.1. The van der Waals surface area contributed by atoms with Gasteiger partial charge in [0.25, 0.3) is 0 Å². The van der Waals surface area contributed by atoms with Crippen LogP contribution in [0.3, 0.4) is 0 Å². The van der Waals surface area contributed by atoms with Gasteiger partial charge in [0.15, 0.2) is 7.38 Å². The van der Waals surface area contributed by atoms with Gasteiger partial charge in [-0.15, -0.1) is 11.6 Å². The van der Waals surface area contributed by atoms with E-state index in [1.165, 1.54) is 0 Å². The monoisotopic (exact) mass is 303 g/mol. The van der Waals surface area contributed by atoms with Gasteiger partial charge in [-0.2, -0.15) is 11.1 Å². The average Bonchev–Trinajstić information content (AvgIpc) is 1.78. The lowest BCUT2D eigenvalue weighted by Gasteiger charge is -2.28. The predicted molar refractivity (Wildman–Crippen MR) is 83.9 cm³/mol. The average molecular weight is 304 g/mol. The molecule has 0 fully saturated rings. The lowest BCUT2D eigenvalue weighted by molar-refractivity contribution is 1.30. The van der Waals surface area contributed by atoms with E-state index in [9.17, 15) is 0 Å². The van der Waals surface area contributed by atoms with Gasteiger partial charge < -0.3 is 4.65 Å². The Kier molecular flexibility index (Phi) is 8.43. The molecule has 0 rings (SSSR count). The standard InChI is InChI=1S/C6H19NSi2.C3H8Cl2Si/c1-8(2,3)7-9(4,5)6;1-6(2,5)3-4/h7H,1-6H3;3H2,1-2H3. The van der Waals surface area contributed by atoms with Crippen molar-refractivity contribution in [2.24, 2.45) is 0 Å². The highest BCUT2D eigenvalue weighted by molar-refractivity contribution is 7.21. The second-order valence-corrected chi connectivity index (χ2v) is 24.1. The molecule has 0 radical (unpaired) electrons. The van der Waals surface area contributed by atoms with E-state index in [4.69, 9.17) is 22.7 Å². The summed E-state index contributed by atoms with van der Waals surface area (Å²) in [7, 11) is -3.36. The quantitative estimate of drug-likeness (QED) is 0.461. The van der Waals surface area contributed by atoms with E-state index in [2.05, 4.69) is 43.9 Å². The Morgan fingerprint density at radius 1 is 0.800 bits per heavy atom. The van der Waals surface area contributed by atoms with Crippen LogP contribution in [0.25, 0.3) is 0 Å². The number of nitrogens with one attached hydrogen (secondary N) is 1. The molecule has 0 aromatic rings. The van der Waals surface area contributed by atoms with Crippen LogP contribution in [0.5, 0.6) is 0 Å². The van der Waals surface area contributed by atoms with Crippen LogP contribution in [0.2, 0.25) is 52.4 Å². The van der Waals surface area contributed by atoms with E-state index in [1.54, 1.807) is 0 Å². The van der Waals surface area contributed by atoms with Crippen molar-refractivity contribution in [3.63, 3.8) is 0 Å². The van der Waals surface area contributed by atoms with E-state index in [1.807, 2.05) is 13.1 Å². The second kappa shape index (κ2) is 6.81. The molecule has 0 heterocycles. The van der Waals surface area contributed by atoms with Gasteiger partial charge in [0.1, 0.15) is 16.5 Å². The van der Waals surface area contributed by atoms with Crippen molar-refractivity contribution in [1.82, 2.24) is 4.65 Å². The van der Waals surface area contributed by atoms with Gasteiger partial charge in [-0.3, -0.25) is 0 Å². The van der Waals surface area contributed by atoms with Crippen LogP contribution in [0, 0.1) is 0 Å². The summed E-state index contributed by atoms with van der Waals surface area (Å²) in [6.45, 7) is 18.1. The fraction of sp³-hybridized carbons (Fsp3) is 1.00. The lowest BCUT2D eigenvalue weighted by Crippen LogP contribution is -2.55. The molecule has 94 valence electrons. The number of halogens is 2. The molecule has 0 aromatic carbocycles. The molecule has 0 saturated carbocycles. The molecular weight excluding hydrogens is 277 g/mol. The summed E-state index contributed by atoms with van der Waals surface area (Å²) in [4.78, 5) is 0. The first-order valence-corrected chi connectivity index (χ1v) is 17.1. The maximum Gasteiger partial charge on any atom is 0.164 e. The van der Waals surface area contributed by atoms with E-state index in [-0.39, 0.29) is 0 Å². The zero-order valence-electron chi connectivity index (χ0n) is 11.5. The van der Waals surface area contributed by atoms with Gasteiger partial charge in [-0.25, -0.2) is 0 Å². The molecular formula is C9H27Cl2NSi3. The zero-order chi connectivity index (χ0) is 12.9. The van der Waals surface area contributed by atoms with Crippen LogP contribution in [-0.4, -0.2) is 29.4 Å². The number of hydrogen-bond donors (Lipinski definition) is 1. The highest BCUT2D eigenvalue weighted by Crippen LogP contribution is 2.07. The Morgan fingerprint density at radius 2 is 1.00 bits per heavy atom. The predicted octanol–water partition coefficient (Wildman–Crippen LogP) is 4.45. The van der Waals surface area contributed by atoms with Crippen LogP contribution < -0.4 is 4.65 Å². The van der Waals surface area contributed by atoms with Gasteiger partial charge in [0.05, 0.1) is 0 Å². The normalized spacial score (nSPS) is 13.2. The van der Waals surface area contributed by atoms with Gasteiger partial charge >= 0.3 is 0 Å². The molecule has 0 amide bonds. The van der Waals surface area contributed by atoms with E-state index in [0.717, 1.165) is 0 Å². The number of hydrogen-bond acceptors (Lipinski definition) is 1. The maximum absolute atomic E-state index is 5.72. The molecule has 0 spiro atoms. The second-order valence-electron chi connectivity index (χ2n) is 6.48. The molecule has 0 aliphatic rings. The zero-order valence-corrected chi connectivity index (χ0v) is 16.0. The third kappa shape index (κ3) is 25.5. The SMILES string of the molecule is C[Si](C)(C)N[Si](C)(C)C.C[Si](C)(Cl)CCl. The van der Waals surface area contributed by atoms with Crippen LogP contribution in [0.1, 0.15) is 0 Å². The largest absolute Gasteiger partial charge is 0.360 e.